The average Bonchev–Trinajstić information content (AvgIpc) is 3.40. The van der Waals surface area contributed by atoms with E-state index in [0.29, 0.717) is 29.9 Å². The summed E-state index contributed by atoms with van der Waals surface area (Å²) in [6.45, 7) is 11.8. The summed E-state index contributed by atoms with van der Waals surface area (Å²) < 4.78 is 11.4. The van der Waals surface area contributed by atoms with E-state index >= 15 is 0 Å². The van der Waals surface area contributed by atoms with E-state index in [1.807, 2.05) is 82.0 Å². The predicted molar refractivity (Wildman–Crippen MR) is 192 cm³/mol. The number of amides is 2. The van der Waals surface area contributed by atoms with E-state index < -0.39 is 0 Å². The van der Waals surface area contributed by atoms with Crippen molar-refractivity contribution in [3.63, 3.8) is 0 Å². The van der Waals surface area contributed by atoms with Crippen molar-refractivity contribution in [2.45, 2.75) is 84.9 Å². The first-order chi connectivity index (χ1) is 22.9. The Morgan fingerprint density at radius 3 is 2.10 bits per heavy atom. The fraction of sp³-hybridized carbons (Fsp3) is 0.526. The number of anilines is 2. The molecule has 1 atom stereocenters. The second-order valence-corrected chi connectivity index (χ2v) is 13.7. The van der Waals surface area contributed by atoms with Crippen LogP contribution in [0.3, 0.4) is 0 Å². The van der Waals surface area contributed by atoms with Crippen LogP contribution in [0.5, 0.6) is 11.5 Å². The quantitative estimate of drug-likeness (QED) is 0.306. The number of ether oxygens (including phenoxy) is 2. The number of benzene rings is 2. The lowest BCUT2D eigenvalue weighted by atomic mass is 9.87. The second-order valence-electron chi connectivity index (χ2n) is 13.7. The van der Waals surface area contributed by atoms with Gasteiger partial charge in [0.15, 0.2) is 17.3 Å². The SMILES string of the molecule is CC1CCC(N2CC(=O)N(C)C2)CC1.COc1cc2c(cc1OC(C)C)C(C)N(c1cnc(N(C)C)cn1)C(=O)C2.Cc1ccccc1. The topological polar surface area (TPSA) is 91.3 Å². The first-order valence-corrected chi connectivity index (χ1v) is 17.1. The monoisotopic (exact) mass is 658 g/mol. The maximum atomic E-state index is 12.8. The smallest absolute Gasteiger partial charge is 0.237 e. The number of aryl methyl sites for hydroxylation is 1. The third kappa shape index (κ3) is 9.46. The van der Waals surface area contributed by atoms with Crippen LogP contribution in [0, 0.1) is 12.8 Å². The minimum absolute atomic E-state index is 0.0125. The Kier molecular flexibility index (Phi) is 12.8. The molecular formula is C38H54N6O4. The molecule has 0 bridgehead atoms. The van der Waals surface area contributed by atoms with E-state index in [1.54, 1.807) is 24.4 Å². The van der Waals surface area contributed by atoms with Gasteiger partial charge in [0, 0.05) is 27.2 Å². The van der Waals surface area contributed by atoms with E-state index in [0.717, 1.165) is 29.5 Å². The molecule has 10 heteroatoms. The van der Waals surface area contributed by atoms with Crippen LogP contribution < -0.4 is 19.3 Å². The Balaban J connectivity index is 0.000000203. The van der Waals surface area contributed by atoms with Crippen molar-refractivity contribution < 1.29 is 19.1 Å². The Bertz CT molecular complexity index is 1490. The Morgan fingerprint density at radius 2 is 1.60 bits per heavy atom. The zero-order valence-corrected chi connectivity index (χ0v) is 30.3. The van der Waals surface area contributed by atoms with Crippen molar-refractivity contribution in [1.82, 2.24) is 19.8 Å². The van der Waals surface area contributed by atoms with Gasteiger partial charge >= 0.3 is 0 Å². The molecule has 1 saturated carbocycles. The summed E-state index contributed by atoms with van der Waals surface area (Å²) in [5, 5.41) is 0. The molecule has 0 N–H and O–H groups in total. The van der Waals surface area contributed by atoms with Gasteiger partial charge in [-0.25, -0.2) is 9.97 Å². The Hall–Kier alpha value is -4.18. The lowest BCUT2D eigenvalue weighted by Gasteiger charge is -2.35. The number of methoxy groups -OCH3 is 1. The summed E-state index contributed by atoms with van der Waals surface area (Å²) in [5.74, 6) is 3.78. The molecule has 260 valence electrons. The number of hydrogen-bond donors (Lipinski definition) is 0. The second kappa shape index (κ2) is 16.8. The molecule has 2 amide bonds. The summed E-state index contributed by atoms with van der Waals surface area (Å²) in [6.07, 6.45) is 8.85. The van der Waals surface area contributed by atoms with Gasteiger partial charge in [0.25, 0.3) is 0 Å². The number of hydrogen-bond acceptors (Lipinski definition) is 8. The average molecular weight is 659 g/mol. The van der Waals surface area contributed by atoms with Gasteiger partial charge in [-0.1, -0.05) is 42.8 Å². The maximum absolute atomic E-state index is 12.8. The van der Waals surface area contributed by atoms with Crippen molar-refractivity contribution in [1.29, 1.82) is 0 Å². The predicted octanol–water partition coefficient (Wildman–Crippen LogP) is 6.28. The van der Waals surface area contributed by atoms with E-state index in [9.17, 15) is 9.59 Å². The zero-order chi connectivity index (χ0) is 35.0. The van der Waals surface area contributed by atoms with Gasteiger partial charge in [-0.15, -0.1) is 0 Å². The number of carbonyl (C=O) groups excluding carboxylic acids is 2. The van der Waals surface area contributed by atoms with Gasteiger partial charge in [0.05, 0.1) is 51.3 Å². The van der Waals surface area contributed by atoms with Crippen LogP contribution >= 0.6 is 0 Å². The molecule has 0 radical (unpaired) electrons. The van der Waals surface area contributed by atoms with E-state index in [-0.39, 0.29) is 30.4 Å². The highest BCUT2D eigenvalue weighted by Crippen LogP contribution is 2.40. The molecular weight excluding hydrogens is 604 g/mol. The number of rotatable bonds is 6. The molecule has 2 aliphatic heterocycles. The first-order valence-electron chi connectivity index (χ1n) is 17.1. The molecule has 3 aromatic rings. The minimum Gasteiger partial charge on any atom is -0.493 e. The van der Waals surface area contributed by atoms with Crippen LogP contribution in [0.25, 0.3) is 0 Å². The lowest BCUT2D eigenvalue weighted by Crippen LogP contribution is -2.39. The number of fused-ring (bicyclic) bond motifs is 1. The molecule has 6 rings (SSSR count). The fourth-order valence-electron chi connectivity index (χ4n) is 6.35. The summed E-state index contributed by atoms with van der Waals surface area (Å²) in [6, 6.07) is 14.6. The largest absolute Gasteiger partial charge is 0.493 e. The normalized spacial score (nSPS) is 20.8. The molecule has 1 saturated heterocycles. The Labute approximate surface area is 287 Å². The molecule has 3 heterocycles. The fourth-order valence-corrected chi connectivity index (χ4v) is 6.35. The van der Waals surface area contributed by atoms with Gasteiger partial charge < -0.3 is 19.3 Å². The molecule has 48 heavy (non-hydrogen) atoms. The van der Waals surface area contributed by atoms with Crippen molar-refractivity contribution in [2.75, 3.05) is 51.3 Å². The Morgan fingerprint density at radius 1 is 0.917 bits per heavy atom. The molecule has 3 aliphatic rings. The van der Waals surface area contributed by atoms with E-state index in [1.165, 1.54) is 31.2 Å². The standard InChI is InChI=1S/C20H26N4O3.C11H20N2O.C7H8/c1-12(2)27-17-9-15-13(3)24(19-11-21-18(10-22-19)23(4)5)20(25)8-14(15)7-16(17)26-6;1-9-3-5-10(6-4-9)13-7-11(14)12(2)8-13;1-7-5-3-2-4-6-7/h7,9-13H,8H2,1-6H3;9-10H,3-8H2,1-2H3;2-6H,1H3. The molecule has 2 aromatic carbocycles. The first kappa shape index (κ1) is 36.7. The van der Waals surface area contributed by atoms with Gasteiger partial charge in [-0.2, -0.15) is 0 Å². The molecule has 0 spiro atoms. The summed E-state index contributed by atoms with van der Waals surface area (Å²) in [5.41, 5.74) is 3.31. The highest BCUT2D eigenvalue weighted by atomic mass is 16.5. The highest BCUT2D eigenvalue weighted by Gasteiger charge is 2.34. The number of carbonyl (C=O) groups is 2. The van der Waals surface area contributed by atoms with Crippen molar-refractivity contribution in [3.8, 4) is 11.5 Å². The van der Waals surface area contributed by atoms with Crippen LogP contribution in [0.15, 0.2) is 54.9 Å². The van der Waals surface area contributed by atoms with Crippen LogP contribution in [-0.4, -0.2) is 85.2 Å². The number of nitrogens with zero attached hydrogens (tertiary/aromatic N) is 6. The van der Waals surface area contributed by atoms with Crippen molar-refractivity contribution in [3.05, 3.63) is 71.5 Å². The van der Waals surface area contributed by atoms with Crippen LogP contribution in [0.2, 0.25) is 0 Å². The molecule has 1 aliphatic carbocycles. The third-order valence-electron chi connectivity index (χ3n) is 9.17. The van der Waals surface area contributed by atoms with E-state index in [2.05, 4.69) is 40.8 Å². The van der Waals surface area contributed by atoms with Gasteiger partial charge in [0.1, 0.15) is 5.82 Å². The minimum atomic E-state index is -0.179. The maximum Gasteiger partial charge on any atom is 0.237 e. The summed E-state index contributed by atoms with van der Waals surface area (Å²) >= 11 is 0. The van der Waals surface area contributed by atoms with Crippen molar-refractivity contribution >= 4 is 23.5 Å². The molecule has 1 unspecified atom stereocenters. The van der Waals surface area contributed by atoms with Gasteiger partial charge in [0.2, 0.25) is 11.8 Å². The highest BCUT2D eigenvalue weighted by molar-refractivity contribution is 5.96. The molecule has 10 nitrogen and oxygen atoms in total. The number of likely N-dealkylation sites (N-methyl/N-ethyl adjacent to an activating group) is 1. The van der Waals surface area contributed by atoms with E-state index in [4.69, 9.17) is 9.47 Å². The van der Waals surface area contributed by atoms with Crippen LogP contribution in [0.1, 0.15) is 76.1 Å². The van der Waals surface area contributed by atoms with Crippen LogP contribution in [0.4, 0.5) is 11.6 Å². The summed E-state index contributed by atoms with van der Waals surface area (Å²) in [4.78, 5) is 40.8. The zero-order valence-electron chi connectivity index (χ0n) is 30.3. The van der Waals surface area contributed by atoms with Crippen LogP contribution in [-0.2, 0) is 16.0 Å². The summed E-state index contributed by atoms with van der Waals surface area (Å²) in [7, 11) is 7.31. The van der Waals surface area contributed by atoms with Gasteiger partial charge in [-0.3, -0.25) is 19.4 Å². The van der Waals surface area contributed by atoms with Gasteiger partial charge in [-0.05, 0) is 82.6 Å². The lowest BCUT2D eigenvalue weighted by molar-refractivity contribution is -0.125. The third-order valence-corrected chi connectivity index (χ3v) is 9.17. The molecule has 2 fully saturated rings. The molecule has 1 aromatic heterocycles. The number of aromatic nitrogens is 2. The van der Waals surface area contributed by atoms with Crippen molar-refractivity contribution in [2.24, 2.45) is 5.92 Å².